The average Bonchev–Trinajstić information content (AvgIpc) is 2.93. The number of rotatable bonds is 6. The summed E-state index contributed by atoms with van der Waals surface area (Å²) in [6, 6.07) is 10.7. The molecular formula is C27H37ClN6O2S. The lowest BCUT2D eigenvalue weighted by molar-refractivity contribution is 0.0515. The van der Waals surface area contributed by atoms with Crippen LogP contribution < -0.4 is 20.4 Å². The number of morpholine rings is 1. The normalized spacial score (nSPS) is 21.9. The third-order valence-corrected chi connectivity index (χ3v) is 8.31. The Balaban J connectivity index is 1.33. The van der Waals surface area contributed by atoms with Gasteiger partial charge in [0, 0.05) is 61.9 Å². The van der Waals surface area contributed by atoms with Gasteiger partial charge in [-0.25, -0.2) is 0 Å². The summed E-state index contributed by atoms with van der Waals surface area (Å²) >= 11 is 12.1. The molecule has 0 bridgehead atoms. The molecule has 5 rings (SSSR count). The molecule has 2 aromatic rings. The van der Waals surface area contributed by atoms with Crippen molar-refractivity contribution in [2.45, 2.75) is 50.5 Å². The standard InChI is InChI=1S/C27H37ClN6O2S/c1-20-5-2-3-10-34(20)24-18-23(33-11-15-36-16-12-33)30-25(31-24)32-26(37)29-19-27(8-13-35-14-9-27)21-6-4-7-22(28)17-21/h4,6-7,17-18,20H,2-3,5,8-16,19H2,1H3,(H2,29,30,31,32,37)/t20-/m0/s1. The van der Waals surface area contributed by atoms with Crippen LogP contribution in [0, 0.1) is 0 Å². The zero-order chi connectivity index (χ0) is 25.7. The van der Waals surface area contributed by atoms with Crippen molar-refractivity contribution in [1.29, 1.82) is 0 Å². The van der Waals surface area contributed by atoms with E-state index in [-0.39, 0.29) is 5.41 Å². The summed E-state index contributed by atoms with van der Waals surface area (Å²) in [6.45, 7) is 8.45. The second-order valence-electron chi connectivity index (χ2n) is 10.3. The number of nitrogens with one attached hydrogen (secondary N) is 2. The minimum absolute atomic E-state index is 0.0974. The molecule has 1 aromatic carbocycles. The summed E-state index contributed by atoms with van der Waals surface area (Å²) in [5.41, 5.74) is 1.12. The van der Waals surface area contributed by atoms with Crippen LogP contribution in [-0.2, 0) is 14.9 Å². The van der Waals surface area contributed by atoms with Gasteiger partial charge < -0.3 is 29.9 Å². The topological polar surface area (TPSA) is 74.8 Å². The second-order valence-corrected chi connectivity index (χ2v) is 11.1. The van der Waals surface area contributed by atoms with E-state index in [0.29, 0.717) is 36.9 Å². The summed E-state index contributed by atoms with van der Waals surface area (Å²) in [7, 11) is 0. The number of benzene rings is 1. The lowest BCUT2D eigenvalue weighted by atomic mass is 9.74. The highest BCUT2D eigenvalue weighted by Crippen LogP contribution is 2.35. The van der Waals surface area contributed by atoms with Gasteiger partial charge in [-0.2, -0.15) is 9.97 Å². The Morgan fingerprint density at radius 1 is 1.05 bits per heavy atom. The number of nitrogens with zero attached hydrogens (tertiary/aromatic N) is 4. The predicted molar refractivity (Wildman–Crippen MR) is 153 cm³/mol. The predicted octanol–water partition coefficient (Wildman–Crippen LogP) is 4.38. The molecule has 0 radical (unpaired) electrons. The van der Waals surface area contributed by atoms with Crippen LogP contribution in [0.2, 0.25) is 5.02 Å². The highest BCUT2D eigenvalue weighted by molar-refractivity contribution is 7.80. The molecule has 8 nitrogen and oxygen atoms in total. The zero-order valence-corrected chi connectivity index (χ0v) is 23.1. The zero-order valence-electron chi connectivity index (χ0n) is 21.5. The van der Waals surface area contributed by atoms with Gasteiger partial charge in [-0.15, -0.1) is 0 Å². The Bertz CT molecular complexity index is 1080. The van der Waals surface area contributed by atoms with E-state index >= 15 is 0 Å². The third-order valence-electron chi connectivity index (χ3n) is 7.83. The summed E-state index contributed by atoms with van der Waals surface area (Å²) in [6.07, 6.45) is 5.43. The van der Waals surface area contributed by atoms with Crippen molar-refractivity contribution in [3.63, 3.8) is 0 Å². The van der Waals surface area contributed by atoms with Crippen molar-refractivity contribution in [1.82, 2.24) is 15.3 Å². The van der Waals surface area contributed by atoms with Crippen LogP contribution in [0.3, 0.4) is 0 Å². The van der Waals surface area contributed by atoms with E-state index in [1.807, 2.05) is 12.1 Å². The van der Waals surface area contributed by atoms with Gasteiger partial charge in [0.05, 0.1) is 13.2 Å². The Labute approximate surface area is 230 Å². The van der Waals surface area contributed by atoms with Gasteiger partial charge >= 0.3 is 0 Å². The van der Waals surface area contributed by atoms with Crippen LogP contribution in [0.1, 0.15) is 44.6 Å². The number of piperidine rings is 1. The van der Waals surface area contributed by atoms with Crippen LogP contribution in [0.15, 0.2) is 30.3 Å². The van der Waals surface area contributed by atoms with Crippen molar-refractivity contribution in [3.8, 4) is 0 Å². The lowest BCUT2D eigenvalue weighted by Crippen LogP contribution is -2.45. The van der Waals surface area contributed by atoms with Gasteiger partial charge in [0.25, 0.3) is 0 Å². The Morgan fingerprint density at radius 3 is 2.57 bits per heavy atom. The lowest BCUT2D eigenvalue weighted by Gasteiger charge is -2.38. The van der Waals surface area contributed by atoms with E-state index in [4.69, 9.17) is 43.3 Å². The molecule has 3 aliphatic heterocycles. The molecule has 4 heterocycles. The molecule has 3 saturated heterocycles. The van der Waals surface area contributed by atoms with Crippen LogP contribution >= 0.6 is 23.8 Å². The molecule has 10 heteroatoms. The van der Waals surface area contributed by atoms with Crippen molar-refractivity contribution in [2.24, 2.45) is 0 Å². The maximum absolute atomic E-state index is 6.34. The van der Waals surface area contributed by atoms with Gasteiger partial charge in [0.2, 0.25) is 5.95 Å². The first-order valence-corrected chi connectivity index (χ1v) is 14.2. The summed E-state index contributed by atoms with van der Waals surface area (Å²) in [5, 5.41) is 8.02. The minimum Gasteiger partial charge on any atom is -0.381 e. The average molecular weight is 545 g/mol. The van der Waals surface area contributed by atoms with Gasteiger partial charge in [-0.05, 0) is 68.9 Å². The van der Waals surface area contributed by atoms with Gasteiger partial charge in [0.1, 0.15) is 11.6 Å². The molecule has 37 heavy (non-hydrogen) atoms. The summed E-state index contributed by atoms with van der Waals surface area (Å²) < 4.78 is 11.2. The van der Waals surface area contributed by atoms with Crippen LogP contribution in [-0.4, -0.2) is 73.7 Å². The van der Waals surface area contributed by atoms with Crippen LogP contribution in [0.25, 0.3) is 0 Å². The fourth-order valence-electron chi connectivity index (χ4n) is 5.56. The van der Waals surface area contributed by atoms with Gasteiger partial charge in [-0.3, -0.25) is 0 Å². The molecule has 1 atom stereocenters. The number of aromatic nitrogens is 2. The fraction of sp³-hybridized carbons (Fsp3) is 0.593. The molecule has 200 valence electrons. The number of anilines is 3. The molecule has 0 unspecified atom stereocenters. The Hall–Kier alpha value is -2.20. The molecule has 0 saturated carbocycles. The van der Waals surface area contributed by atoms with E-state index in [1.54, 1.807) is 0 Å². The van der Waals surface area contributed by atoms with Gasteiger partial charge in [0.15, 0.2) is 5.11 Å². The smallest absolute Gasteiger partial charge is 0.232 e. The summed E-state index contributed by atoms with van der Waals surface area (Å²) in [4.78, 5) is 14.4. The van der Waals surface area contributed by atoms with Crippen LogP contribution in [0.5, 0.6) is 0 Å². The SMILES string of the molecule is C[C@H]1CCCCN1c1cc(N2CCOCC2)nc(NC(=S)NCC2(c3cccc(Cl)c3)CCOCC2)n1. The third kappa shape index (κ3) is 6.45. The van der Waals surface area contributed by atoms with Gasteiger partial charge in [-0.1, -0.05) is 23.7 Å². The highest BCUT2D eigenvalue weighted by atomic mass is 35.5. The molecule has 2 N–H and O–H groups in total. The molecule has 0 amide bonds. The van der Waals surface area contributed by atoms with E-state index < -0.39 is 0 Å². The van der Waals surface area contributed by atoms with Crippen LogP contribution in [0.4, 0.5) is 17.6 Å². The van der Waals surface area contributed by atoms with E-state index in [9.17, 15) is 0 Å². The fourth-order valence-corrected chi connectivity index (χ4v) is 5.91. The molecule has 3 aliphatic rings. The van der Waals surface area contributed by atoms with E-state index in [1.165, 1.54) is 24.8 Å². The number of thiocarbonyl (C=S) groups is 1. The van der Waals surface area contributed by atoms with Crippen molar-refractivity contribution >= 4 is 46.5 Å². The first-order valence-electron chi connectivity index (χ1n) is 13.4. The number of ether oxygens (including phenoxy) is 2. The minimum atomic E-state index is -0.0974. The largest absolute Gasteiger partial charge is 0.381 e. The second kappa shape index (κ2) is 12.1. The molecule has 1 aromatic heterocycles. The monoisotopic (exact) mass is 544 g/mol. The quantitative estimate of drug-likeness (QED) is 0.515. The molecule has 0 aliphatic carbocycles. The highest BCUT2D eigenvalue weighted by Gasteiger charge is 2.35. The molecule has 3 fully saturated rings. The van der Waals surface area contributed by atoms with E-state index in [0.717, 1.165) is 62.3 Å². The van der Waals surface area contributed by atoms with E-state index in [2.05, 4.69) is 45.6 Å². The Kier molecular flexibility index (Phi) is 8.64. The van der Waals surface area contributed by atoms with Crippen molar-refractivity contribution in [3.05, 3.63) is 40.9 Å². The first kappa shape index (κ1) is 26.4. The molecular weight excluding hydrogens is 508 g/mol. The maximum Gasteiger partial charge on any atom is 0.232 e. The summed E-state index contributed by atoms with van der Waals surface area (Å²) in [5.74, 6) is 2.39. The maximum atomic E-state index is 6.34. The number of halogens is 1. The van der Waals surface area contributed by atoms with Crippen molar-refractivity contribution in [2.75, 3.05) is 67.7 Å². The number of hydrogen-bond donors (Lipinski definition) is 2. The molecule has 0 spiro atoms. The van der Waals surface area contributed by atoms with Crippen molar-refractivity contribution < 1.29 is 9.47 Å². The first-order chi connectivity index (χ1) is 18.0. The number of hydrogen-bond acceptors (Lipinski definition) is 7. The Morgan fingerprint density at radius 2 is 1.81 bits per heavy atom.